The van der Waals surface area contributed by atoms with Crippen LogP contribution < -0.4 is 4.72 Å². The summed E-state index contributed by atoms with van der Waals surface area (Å²) in [5, 5.41) is 0. The van der Waals surface area contributed by atoms with Crippen LogP contribution in [0.2, 0.25) is 0 Å². The van der Waals surface area contributed by atoms with Crippen LogP contribution in [0, 0.1) is 13.8 Å². The minimum atomic E-state index is -3.71. The van der Waals surface area contributed by atoms with Gasteiger partial charge in [0.25, 0.3) is 15.9 Å². The first-order valence-electron chi connectivity index (χ1n) is 8.44. The number of nitrogens with zero attached hydrogens (tertiary/aromatic N) is 1. The average molecular weight is 374 g/mol. The van der Waals surface area contributed by atoms with Gasteiger partial charge >= 0.3 is 0 Å². The molecule has 1 amide bonds. The lowest BCUT2D eigenvalue weighted by molar-refractivity contribution is 0.0303. The number of sulfonamides is 1. The summed E-state index contributed by atoms with van der Waals surface area (Å²) in [6.07, 6.45) is 0. The van der Waals surface area contributed by atoms with E-state index < -0.39 is 10.0 Å². The number of hydrogen-bond donors (Lipinski definition) is 1. The molecule has 1 N–H and O–H groups in total. The van der Waals surface area contributed by atoms with E-state index in [1.54, 1.807) is 23.1 Å². The summed E-state index contributed by atoms with van der Waals surface area (Å²) in [7, 11) is -3.71. The van der Waals surface area contributed by atoms with Crippen LogP contribution in [0.15, 0.2) is 47.4 Å². The van der Waals surface area contributed by atoms with Crippen molar-refractivity contribution in [1.82, 2.24) is 4.90 Å². The molecular weight excluding hydrogens is 352 g/mol. The minimum absolute atomic E-state index is 0.111. The van der Waals surface area contributed by atoms with Crippen LogP contribution in [0.25, 0.3) is 0 Å². The molecular formula is C19H22N2O4S. The molecule has 6 nitrogen and oxygen atoms in total. The third-order valence-electron chi connectivity index (χ3n) is 4.34. The lowest BCUT2D eigenvalue weighted by atomic mass is 10.1. The zero-order valence-corrected chi connectivity index (χ0v) is 15.7. The Morgan fingerprint density at radius 2 is 1.69 bits per heavy atom. The summed E-state index contributed by atoms with van der Waals surface area (Å²) in [6, 6.07) is 11.5. The zero-order chi connectivity index (χ0) is 18.7. The summed E-state index contributed by atoms with van der Waals surface area (Å²) in [6.45, 7) is 5.96. The summed E-state index contributed by atoms with van der Waals surface area (Å²) >= 11 is 0. The fourth-order valence-corrected chi connectivity index (χ4v) is 3.99. The van der Waals surface area contributed by atoms with E-state index in [-0.39, 0.29) is 10.8 Å². The van der Waals surface area contributed by atoms with Gasteiger partial charge in [-0.1, -0.05) is 17.7 Å². The summed E-state index contributed by atoms with van der Waals surface area (Å²) < 4.78 is 33.0. The van der Waals surface area contributed by atoms with E-state index in [1.807, 2.05) is 26.0 Å². The number of carbonyl (C=O) groups excluding carboxylic acids is 1. The molecule has 0 atom stereocenters. The lowest BCUT2D eigenvalue weighted by Gasteiger charge is -2.26. The predicted octanol–water partition coefficient (Wildman–Crippen LogP) is 2.58. The first kappa shape index (κ1) is 18.4. The molecule has 3 rings (SSSR count). The Balaban J connectivity index is 1.77. The number of ether oxygens (including phenoxy) is 1. The zero-order valence-electron chi connectivity index (χ0n) is 14.9. The first-order chi connectivity index (χ1) is 12.4. The highest BCUT2D eigenvalue weighted by Gasteiger charge is 2.20. The number of nitrogens with one attached hydrogen (secondary N) is 1. The van der Waals surface area contributed by atoms with Crippen LogP contribution in [0.4, 0.5) is 5.69 Å². The molecule has 0 radical (unpaired) electrons. The maximum absolute atomic E-state index is 12.6. The Bertz CT molecular complexity index is 902. The van der Waals surface area contributed by atoms with E-state index in [2.05, 4.69) is 4.72 Å². The molecule has 1 fully saturated rings. The van der Waals surface area contributed by atoms with Crippen molar-refractivity contribution in [3.8, 4) is 0 Å². The highest BCUT2D eigenvalue weighted by Crippen LogP contribution is 2.21. The Labute approximate surface area is 153 Å². The van der Waals surface area contributed by atoms with Gasteiger partial charge in [-0.25, -0.2) is 8.42 Å². The molecule has 0 saturated carbocycles. The quantitative estimate of drug-likeness (QED) is 0.892. The van der Waals surface area contributed by atoms with Crippen molar-refractivity contribution in [2.75, 3.05) is 31.0 Å². The van der Waals surface area contributed by atoms with Crippen molar-refractivity contribution in [1.29, 1.82) is 0 Å². The number of benzene rings is 2. The van der Waals surface area contributed by atoms with Crippen LogP contribution in [0.3, 0.4) is 0 Å². The molecule has 138 valence electrons. The van der Waals surface area contributed by atoms with Crippen molar-refractivity contribution in [2.24, 2.45) is 0 Å². The maximum Gasteiger partial charge on any atom is 0.261 e. The summed E-state index contributed by atoms with van der Waals surface area (Å²) in [5.74, 6) is -0.111. The van der Waals surface area contributed by atoms with Gasteiger partial charge in [-0.05, 0) is 49.7 Å². The standard InChI is InChI=1S/C19H22N2O4S/c1-14-3-8-18(15(2)13-14)20-26(23,24)17-6-4-16(5-7-17)19(22)21-9-11-25-12-10-21/h3-8,13,20H,9-12H2,1-2H3. The Hall–Kier alpha value is -2.38. The Morgan fingerprint density at radius 3 is 2.31 bits per heavy atom. The van der Waals surface area contributed by atoms with Gasteiger partial charge in [0.1, 0.15) is 0 Å². The third-order valence-corrected chi connectivity index (χ3v) is 5.72. The van der Waals surface area contributed by atoms with Gasteiger partial charge in [-0.15, -0.1) is 0 Å². The molecule has 1 aliphatic rings. The fraction of sp³-hybridized carbons (Fsp3) is 0.316. The number of rotatable bonds is 4. The fourth-order valence-electron chi connectivity index (χ4n) is 2.86. The molecule has 26 heavy (non-hydrogen) atoms. The van der Waals surface area contributed by atoms with Gasteiger partial charge in [0.15, 0.2) is 0 Å². The summed E-state index contributed by atoms with van der Waals surface area (Å²) in [4.78, 5) is 14.3. The van der Waals surface area contributed by atoms with Crippen molar-refractivity contribution < 1.29 is 17.9 Å². The molecule has 0 bridgehead atoms. The molecule has 0 aromatic heterocycles. The van der Waals surface area contributed by atoms with Crippen molar-refractivity contribution >= 4 is 21.6 Å². The monoisotopic (exact) mass is 374 g/mol. The number of anilines is 1. The molecule has 0 unspecified atom stereocenters. The molecule has 1 aliphatic heterocycles. The van der Waals surface area contributed by atoms with Gasteiger partial charge in [0, 0.05) is 18.7 Å². The van der Waals surface area contributed by atoms with E-state index in [9.17, 15) is 13.2 Å². The van der Waals surface area contributed by atoms with Gasteiger partial charge < -0.3 is 9.64 Å². The van der Waals surface area contributed by atoms with Crippen LogP contribution in [0.5, 0.6) is 0 Å². The number of carbonyl (C=O) groups is 1. The SMILES string of the molecule is Cc1ccc(NS(=O)(=O)c2ccc(C(=O)N3CCOCC3)cc2)c(C)c1. The van der Waals surface area contributed by atoms with Gasteiger partial charge in [-0.2, -0.15) is 0 Å². The molecule has 0 aliphatic carbocycles. The topological polar surface area (TPSA) is 75.7 Å². The third kappa shape index (κ3) is 4.05. The molecule has 7 heteroatoms. The van der Waals surface area contributed by atoms with Crippen molar-refractivity contribution in [3.05, 3.63) is 59.2 Å². The minimum Gasteiger partial charge on any atom is -0.378 e. The second-order valence-electron chi connectivity index (χ2n) is 6.35. The van der Waals surface area contributed by atoms with E-state index in [1.165, 1.54) is 12.1 Å². The van der Waals surface area contributed by atoms with Gasteiger partial charge in [0.2, 0.25) is 0 Å². The maximum atomic E-state index is 12.6. The van der Waals surface area contributed by atoms with Gasteiger partial charge in [-0.3, -0.25) is 9.52 Å². The van der Waals surface area contributed by atoms with Crippen molar-refractivity contribution in [2.45, 2.75) is 18.7 Å². The van der Waals surface area contributed by atoms with Gasteiger partial charge in [0.05, 0.1) is 23.8 Å². The Kier molecular flexibility index (Phi) is 5.29. The van der Waals surface area contributed by atoms with Crippen LogP contribution in [0.1, 0.15) is 21.5 Å². The molecule has 2 aromatic rings. The largest absolute Gasteiger partial charge is 0.378 e. The Morgan fingerprint density at radius 1 is 1.04 bits per heavy atom. The van der Waals surface area contributed by atoms with E-state index in [0.717, 1.165) is 11.1 Å². The van der Waals surface area contributed by atoms with Crippen LogP contribution >= 0.6 is 0 Å². The van der Waals surface area contributed by atoms with Crippen LogP contribution in [-0.4, -0.2) is 45.5 Å². The predicted molar refractivity (Wildman–Crippen MR) is 99.9 cm³/mol. The van der Waals surface area contributed by atoms with E-state index >= 15 is 0 Å². The molecule has 1 heterocycles. The number of amides is 1. The summed E-state index contributed by atoms with van der Waals surface area (Å²) in [5.41, 5.74) is 2.94. The molecule has 1 saturated heterocycles. The normalized spacial score (nSPS) is 14.9. The number of aryl methyl sites for hydroxylation is 2. The lowest BCUT2D eigenvalue weighted by Crippen LogP contribution is -2.40. The van der Waals surface area contributed by atoms with E-state index in [4.69, 9.17) is 4.74 Å². The number of hydrogen-bond acceptors (Lipinski definition) is 4. The van der Waals surface area contributed by atoms with E-state index in [0.29, 0.717) is 37.6 Å². The second-order valence-corrected chi connectivity index (χ2v) is 8.04. The van der Waals surface area contributed by atoms with Crippen molar-refractivity contribution in [3.63, 3.8) is 0 Å². The number of morpholine rings is 1. The second kappa shape index (κ2) is 7.47. The smallest absolute Gasteiger partial charge is 0.261 e. The average Bonchev–Trinajstić information content (AvgIpc) is 2.64. The molecule has 2 aromatic carbocycles. The highest BCUT2D eigenvalue weighted by atomic mass is 32.2. The molecule has 0 spiro atoms. The highest BCUT2D eigenvalue weighted by molar-refractivity contribution is 7.92. The van der Waals surface area contributed by atoms with Crippen LogP contribution in [-0.2, 0) is 14.8 Å². The first-order valence-corrected chi connectivity index (χ1v) is 9.92.